The number of rotatable bonds is 5. The molecule has 0 bridgehead atoms. The Hall–Kier alpha value is -0.810. The van der Waals surface area contributed by atoms with Crippen LogP contribution in [0.4, 0.5) is 5.69 Å². The molecule has 108 valence electrons. The molecule has 0 atom stereocenters. The summed E-state index contributed by atoms with van der Waals surface area (Å²) in [7, 11) is 0. The van der Waals surface area contributed by atoms with Crippen molar-refractivity contribution in [2.45, 2.75) is 40.3 Å². The monoisotopic (exact) mass is 399 g/mol. The Morgan fingerprint density at radius 1 is 1.25 bits per heavy atom. The minimum atomic E-state index is 0.768. The zero-order valence-electron chi connectivity index (χ0n) is 12.0. The number of hydrogen-bond donors (Lipinski definition) is 1. The molecule has 1 aromatic heterocycles. The zero-order chi connectivity index (χ0) is 14.7. The first kappa shape index (κ1) is 15.6. The predicted molar refractivity (Wildman–Crippen MR) is 91.2 cm³/mol. The molecule has 0 radical (unpaired) electrons. The molecule has 0 aliphatic rings. The number of nitrogens with one attached hydrogen (secondary N) is 1. The van der Waals surface area contributed by atoms with E-state index < -0.39 is 0 Å². The van der Waals surface area contributed by atoms with Gasteiger partial charge in [0.1, 0.15) is 0 Å². The Bertz CT molecular complexity index is 605. The number of aryl methyl sites for hydroxylation is 3. The van der Waals surface area contributed by atoms with Gasteiger partial charge in [-0.25, -0.2) is 0 Å². The SMILES string of the molecule is CCc1cc(Br)ccc1NCc1c(Br)c(C)nn1CC. The summed E-state index contributed by atoms with van der Waals surface area (Å²) in [5, 5.41) is 8.04. The second-order valence-corrected chi connectivity index (χ2v) is 6.38. The number of halogens is 2. The van der Waals surface area contributed by atoms with Crippen molar-refractivity contribution in [1.29, 1.82) is 0 Å². The normalized spacial score (nSPS) is 10.8. The van der Waals surface area contributed by atoms with E-state index >= 15 is 0 Å². The van der Waals surface area contributed by atoms with E-state index in [9.17, 15) is 0 Å². The summed E-state index contributed by atoms with van der Waals surface area (Å²) in [6, 6.07) is 6.36. The molecular weight excluding hydrogens is 382 g/mol. The Morgan fingerprint density at radius 2 is 2.00 bits per heavy atom. The van der Waals surface area contributed by atoms with Crippen LogP contribution in [0.2, 0.25) is 0 Å². The fourth-order valence-electron chi connectivity index (χ4n) is 2.24. The largest absolute Gasteiger partial charge is 0.379 e. The van der Waals surface area contributed by atoms with Gasteiger partial charge in [-0.05, 0) is 60.0 Å². The van der Waals surface area contributed by atoms with Crippen LogP contribution in [0.5, 0.6) is 0 Å². The topological polar surface area (TPSA) is 29.9 Å². The molecule has 1 N–H and O–H groups in total. The first-order valence-electron chi connectivity index (χ1n) is 6.80. The molecule has 20 heavy (non-hydrogen) atoms. The van der Waals surface area contributed by atoms with Crippen LogP contribution in [0.25, 0.3) is 0 Å². The maximum atomic E-state index is 4.52. The van der Waals surface area contributed by atoms with Gasteiger partial charge in [0.2, 0.25) is 0 Å². The number of anilines is 1. The van der Waals surface area contributed by atoms with Gasteiger partial charge in [-0.1, -0.05) is 22.9 Å². The highest BCUT2D eigenvalue weighted by atomic mass is 79.9. The Kier molecular flexibility index (Phi) is 5.27. The number of hydrogen-bond acceptors (Lipinski definition) is 2. The summed E-state index contributed by atoms with van der Waals surface area (Å²) in [5.74, 6) is 0. The third-order valence-electron chi connectivity index (χ3n) is 3.35. The third kappa shape index (κ3) is 3.26. The molecule has 1 heterocycles. The van der Waals surface area contributed by atoms with E-state index in [-0.39, 0.29) is 0 Å². The molecule has 0 amide bonds. The second kappa shape index (κ2) is 6.76. The van der Waals surface area contributed by atoms with Crippen LogP contribution >= 0.6 is 31.9 Å². The molecular formula is C15H19Br2N3. The van der Waals surface area contributed by atoms with Crippen LogP contribution in [0, 0.1) is 6.92 Å². The summed E-state index contributed by atoms with van der Waals surface area (Å²) in [4.78, 5) is 0. The maximum absolute atomic E-state index is 4.52. The third-order valence-corrected chi connectivity index (χ3v) is 4.87. The van der Waals surface area contributed by atoms with E-state index in [2.05, 4.69) is 74.3 Å². The molecule has 1 aromatic carbocycles. The number of aromatic nitrogens is 2. The van der Waals surface area contributed by atoms with E-state index in [1.807, 2.05) is 11.6 Å². The summed E-state index contributed by atoms with van der Waals surface area (Å²) >= 11 is 7.15. The summed E-state index contributed by atoms with van der Waals surface area (Å²) in [5.41, 5.74) is 4.73. The van der Waals surface area contributed by atoms with Crippen molar-refractivity contribution in [2.75, 3.05) is 5.32 Å². The Labute approximate surface area is 137 Å². The van der Waals surface area contributed by atoms with Gasteiger partial charge in [-0.3, -0.25) is 4.68 Å². The van der Waals surface area contributed by atoms with Crippen LogP contribution in [0.1, 0.15) is 30.8 Å². The van der Waals surface area contributed by atoms with Crippen molar-refractivity contribution < 1.29 is 0 Å². The molecule has 0 fully saturated rings. The lowest BCUT2D eigenvalue weighted by Gasteiger charge is -2.12. The molecule has 0 saturated heterocycles. The molecule has 2 rings (SSSR count). The quantitative estimate of drug-likeness (QED) is 0.772. The lowest BCUT2D eigenvalue weighted by atomic mass is 10.1. The highest BCUT2D eigenvalue weighted by Gasteiger charge is 2.12. The van der Waals surface area contributed by atoms with Gasteiger partial charge in [-0.15, -0.1) is 0 Å². The van der Waals surface area contributed by atoms with Crippen molar-refractivity contribution in [2.24, 2.45) is 0 Å². The smallest absolute Gasteiger partial charge is 0.0739 e. The zero-order valence-corrected chi connectivity index (χ0v) is 15.2. The Morgan fingerprint density at radius 3 is 2.65 bits per heavy atom. The Balaban J connectivity index is 2.21. The predicted octanol–water partition coefficient (Wildman–Crippen LogP) is 4.91. The second-order valence-electron chi connectivity index (χ2n) is 4.67. The van der Waals surface area contributed by atoms with Crippen LogP contribution in [-0.4, -0.2) is 9.78 Å². The highest BCUT2D eigenvalue weighted by molar-refractivity contribution is 9.10. The molecule has 0 aliphatic heterocycles. The van der Waals surface area contributed by atoms with E-state index in [4.69, 9.17) is 0 Å². The van der Waals surface area contributed by atoms with Crippen LogP contribution in [-0.2, 0) is 19.5 Å². The van der Waals surface area contributed by atoms with Crippen LogP contribution in [0.3, 0.4) is 0 Å². The molecule has 5 heteroatoms. The summed E-state index contributed by atoms with van der Waals surface area (Å²) < 4.78 is 4.26. The van der Waals surface area contributed by atoms with Gasteiger partial charge in [0.05, 0.1) is 22.4 Å². The van der Waals surface area contributed by atoms with Gasteiger partial charge in [0, 0.05) is 16.7 Å². The van der Waals surface area contributed by atoms with Gasteiger partial charge in [-0.2, -0.15) is 5.10 Å². The summed E-state index contributed by atoms with van der Waals surface area (Å²) in [6.07, 6.45) is 1.01. The molecule has 0 saturated carbocycles. The fraction of sp³-hybridized carbons (Fsp3) is 0.400. The first-order chi connectivity index (χ1) is 9.56. The van der Waals surface area contributed by atoms with E-state index in [1.54, 1.807) is 0 Å². The number of nitrogens with zero attached hydrogens (tertiary/aromatic N) is 2. The van der Waals surface area contributed by atoms with E-state index in [0.717, 1.165) is 34.1 Å². The number of benzene rings is 1. The molecule has 3 nitrogen and oxygen atoms in total. The standard InChI is InChI=1S/C15H19Br2N3/c1-4-11-8-12(16)6-7-13(11)18-9-14-15(17)10(3)19-20(14)5-2/h6-8,18H,4-5,9H2,1-3H3. The lowest BCUT2D eigenvalue weighted by molar-refractivity contribution is 0.622. The van der Waals surface area contributed by atoms with Crippen molar-refractivity contribution in [3.05, 3.63) is 44.1 Å². The average Bonchev–Trinajstić information content (AvgIpc) is 2.72. The average molecular weight is 401 g/mol. The molecule has 2 aromatic rings. The van der Waals surface area contributed by atoms with Crippen LogP contribution < -0.4 is 5.32 Å². The van der Waals surface area contributed by atoms with Crippen LogP contribution in [0.15, 0.2) is 27.1 Å². The first-order valence-corrected chi connectivity index (χ1v) is 8.39. The van der Waals surface area contributed by atoms with Gasteiger partial charge >= 0.3 is 0 Å². The lowest BCUT2D eigenvalue weighted by Crippen LogP contribution is -2.09. The molecule has 0 aliphatic carbocycles. The van der Waals surface area contributed by atoms with Crippen molar-refractivity contribution in [1.82, 2.24) is 9.78 Å². The van der Waals surface area contributed by atoms with Crippen molar-refractivity contribution >= 4 is 37.5 Å². The molecule has 0 spiro atoms. The van der Waals surface area contributed by atoms with E-state index in [1.165, 1.54) is 16.9 Å². The minimum Gasteiger partial charge on any atom is -0.379 e. The molecule has 0 unspecified atom stereocenters. The summed E-state index contributed by atoms with van der Waals surface area (Å²) in [6.45, 7) is 7.95. The van der Waals surface area contributed by atoms with E-state index in [0.29, 0.717) is 0 Å². The van der Waals surface area contributed by atoms with Crippen molar-refractivity contribution in [3.8, 4) is 0 Å². The van der Waals surface area contributed by atoms with Crippen molar-refractivity contribution in [3.63, 3.8) is 0 Å². The van der Waals surface area contributed by atoms with Gasteiger partial charge in [0.25, 0.3) is 0 Å². The fourth-order valence-corrected chi connectivity index (χ4v) is 3.08. The highest BCUT2D eigenvalue weighted by Crippen LogP contribution is 2.25. The van der Waals surface area contributed by atoms with Gasteiger partial charge in [0.15, 0.2) is 0 Å². The van der Waals surface area contributed by atoms with Gasteiger partial charge < -0.3 is 5.32 Å². The maximum Gasteiger partial charge on any atom is 0.0739 e. The minimum absolute atomic E-state index is 0.768.